The SMILES string of the molecule is CC(C)NC(=O)Cn1cc(CN(C)C)c2ccnc(-c3cccs3)c21. The van der Waals surface area contributed by atoms with Gasteiger partial charge >= 0.3 is 0 Å². The number of carbonyl (C=O) groups excluding carboxylic acids is 1. The Labute approximate surface area is 152 Å². The van der Waals surface area contributed by atoms with Gasteiger partial charge in [0.1, 0.15) is 12.2 Å². The van der Waals surface area contributed by atoms with Crippen LogP contribution < -0.4 is 5.32 Å². The average Bonchev–Trinajstić information content (AvgIpc) is 3.15. The van der Waals surface area contributed by atoms with Crippen molar-refractivity contribution in [2.24, 2.45) is 0 Å². The molecule has 1 amide bonds. The fourth-order valence-corrected chi connectivity index (χ4v) is 3.76. The molecule has 3 rings (SSSR count). The second kappa shape index (κ2) is 7.37. The van der Waals surface area contributed by atoms with Crippen molar-refractivity contribution in [3.05, 3.63) is 41.5 Å². The number of carbonyl (C=O) groups is 1. The van der Waals surface area contributed by atoms with Crippen molar-refractivity contribution >= 4 is 28.1 Å². The summed E-state index contributed by atoms with van der Waals surface area (Å²) in [5.41, 5.74) is 3.17. The molecule has 3 heterocycles. The molecule has 25 heavy (non-hydrogen) atoms. The normalized spacial score (nSPS) is 11.6. The summed E-state index contributed by atoms with van der Waals surface area (Å²) in [7, 11) is 4.10. The highest BCUT2D eigenvalue weighted by molar-refractivity contribution is 7.13. The zero-order valence-electron chi connectivity index (χ0n) is 15.1. The smallest absolute Gasteiger partial charge is 0.240 e. The van der Waals surface area contributed by atoms with Gasteiger partial charge in [0, 0.05) is 30.4 Å². The number of thiophene rings is 1. The van der Waals surface area contributed by atoms with Crippen LogP contribution >= 0.6 is 11.3 Å². The summed E-state index contributed by atoms with van der Waals surface area (Å²) in [4.78, 5) is 20.2. The maximum atomic E-state index is 12.3. The van der Waals surface area contributed by atoms with Crippen LogP contribution in [0.4, 0.5) is 0 Å². The largest absolute Gasteiger partial charge is 0.352 e. The summed E-state index contributed by atoms with van der Waals surface area (Å²) in [6.45, 7) is 5.07. The Morgan fingerprint density at radius 3 is 2.80 bits per heavy atom. The van der Waals surface area contributed by atoms with E-state index in [2.05, 4.69) is 46.9 Å². The van der Waals surface area contributed by atoms with E-state index < -0.39 is 0 Å². The Kier molecular flexibility index (Phi) is 5.20. The molecule has 132 valence electrons. The number of nitrogens with one attached hydrogen (secondary N) is 1. The molecule has 0 aromatic carbocycles. The van der Waals surface area contributed by atoms with Crippen molar-refractivity contribution in [1.82, 2.24) is 19.8 Å². The summed E-state index contributed by atoms with van der Waals surface area (Å²) in [6.07, 6.45) is 3.94. The first kappa shape index (κ1) is 17.6. The zero-order valence-corrected chi connectivity index (χ0v) is 15.9. The minimum absolute atomic E-state index is 0.0179. The van der Waals surface area contributed by atoms with E-state index in [0.29, 0.717) is 6.54 Å². The van der Waals surface area contributed by atoms with E-state index in [1.54, 1.807) is 11.3 Å². The van der Waals surface area contributed by atoms with Gasteiger partial charge in [0.25, 0.3) is 0 Å². The van der Waals surface area contributed by atoms with Crippen LogP contribution in [0.25, 0.3) is 21.5 Å². The molecule has 0 aliphatic carbocycles. The van der Waals surface area contributed by atoms with Crippen molar-refractivity contribution in [3.8, 4) is 10.6 Å². The van der Waals surface area contributed by atoms with Crippen molar-refractivity contribution in [2.75, 3.05) is 14.1 Å². The molecule has 0 aliphatic heterocycles. The first-order valence-electron chi connectivity index (χ1n) is 8.40. The van der Waals surface area contributed by atoms with Crippen molar-refractivity contribution in [1.29, 1.82) is 0 Å². The lowest BCUT2D eigenvalue weighted by Gasteiger charge is -2.11. The Morgan fingerprint density at radius 2 is 2.16 bits per heavy atom. The lowest BCUT2D eigenvalue weighted by Crippen LogP contribution is -2.33. The number of fused-ring (bicyclic) bond motifs is 1. The molecule has 0 saturated heterocycles. The number of rotatable bonds is 6. The predicted octanol–water partition coefficient (Wildman–Crippen LogP) is 3.35. The first-order valence-corrected chi connectivity index (χ1v) is 9.28. The second-order valence-electron chi connectivity index (χ2n) is 6.78. The van der Waals surface area contributed by atoms with Crippen LogP contribution in [0.5, 0.6) is 0 Å². The molecule has 0 saturated carbocycles. The third kappa shape index (κ3) is 3.91. The van der Waals surface area contributed by atoms with Crippen LogP contribution in [0, 0.1) is 0 Å². The molecule has 5 nitrogen and oxygen atoms in total. The minimum atomic E-state index is 0.0179. The Bertz CT molecular complexity index is 865. The van der Waals surface area contributed by atoms with Crippen LogP contribution in [0.15, 0.2) is 36.0 Å². The van der Waals surface area contributed by atoms with Gasteiger partial charge in [0.05, 0.1) is 10.4 Å². The fraction of sp³-hybridized carbons (Fsp3) is 0.368. The number of aromatic nitrogens is 2. The second-order valence-corrected chi connectivity index (χ2v) is 7.72. The van der Waals surface area contributed by atoms with Gasteiger partial charge in [0.15, 0.2) is 0 Å². The van der Waals surface area contributed by atoms with E-state index in [-0.39, 0.29) is 11.9 Å². The highest BCUT2D eigenvalue weighted by atomic mass is 32.1. The standard InChI is InChI=1S/C19H24N4OS/c1-13(2)21-17(24)12-23-11-14(10-22(3)4)15-7-8-20-18(19(15)23)16-6-5-9-25-16/h5-9,11,13H,10,12H2,1-4H3,(H,21,24). The molecular formula is C19H24N4OS. The van der Waals surface area contributed by atoms with Gasteiger partial charge in [-0.3, -0.25) is 9.78 Å². The molecule has 3 aromatic heterocycles. The molecule has 0 fully saturated rings. The maximum absolute atomic E-state index is 12.3. The van der Waals surface area contributed by atoms with Crippen molar-refractivity contribution in [3.63, 3.8) is 0 Å². The van der Waals surface area contributed by atoms with E-state index in [9.17, 15) is 4.79 Å². The number of hydrogen-bond donors (Lipinski definition) is 1. The van der Waals surface area contributed by atoms with Gasteiger partial charge < -0.3 is 14.8 Å². The van der Waals surface area contributed by atoms with E-state index in [1.807, 2.05) is 36.7 Å². The number of hydrogen-bond acceptors (Lipinski definition) is 4. The van der Waals surface area contributed by atoms with E-state index in [1.165, 1.54) is 5.56 Å². The zero-order chi connectivity index (χ0) is 18.0. The number of pyridine rings is 1. The quantitative estimate of drug-likeness (QED) is 0.737. The minimum Gasteiger partial charge on any atom is -0.352 e. The Morgan fingerprint density at radius 1 is 1.36 bits per heavy atom. The maximum Gasteiger partial charge on any atom is 0.240 e. The molecule has 6 heteroatoms. The highest BCUT2D eigenvalue weighted by Crippen LogP contribution is 2.32. The summed E-state index contributed by atoms with van der Waals surface area (Å²) in [5, 5.41) is 6.18. The molecule has 0 atom stereocenters. The van der Waals surface area contributed by atoms with E-state index in [4.69, 9.17) is 0 Å². The Balaban J connectivity index is 2.12. The molecule has 0 unspecified atom stereocenters. The van der Waals surface area contributed by atoms with Gasteiger partial charge in [-0.15, -0.1) is 11.3 Å². The molecule has 0 radical (unpaired) electrons. The summed E-state index contributed by atoms with van der Waals surface area (Å²) < 4.78 is 2.04. The van der Waals surface area contributed by atoms with Gasteiger partial charge in [-0.1, -0.05) is 6.07 Å². The third-order valence-corrected chi connectivity index (χ3v) is 4.75. The molecule has 1 N–H and O–H groups in total. The number of nitrogens with zero attached hydrogens (tertiary/aromatic N) is 3. The van der Waals surface area contributed by atoms with E-state index in [0.717, 1.165) is 28.0 Å². The van der Waals surface area contributed by atoms with Gasteiger partial charge in [-0.25, -0.2) is 0 Å². The first-order chi connectivity index (χ1) is 12.0. The third-order valence-electron chi connectivity index (χ3n) is 3.87. The molecular weight excluding hydrogens is 332 g/mol. The Hall–Kier alpha value is -2.18. The monoisotopic (exact) mass is 356 g/mol. The molecule has 0 bridgehead atoms. The topological polar surface area (TPSA) is 50.2 Å². The van der Waals surface area contributed by atoms with Crippen molar-refractivity contribution in [2.45, 2.75) is 33.0 Å². The lowest BCUT2D eigenvalue weighted by molar-refractivity contribution is -0.122. The molecule has 0 spiro atoms. The van der Waals surface area contributed by atoms with Crippen LogP contribution in [0.3, 0.4) is 0 Å². The van der Waals surface area contributed by atoms with Gasteiger partial charge in [0.2, 0.25) is 5.91 Å². The summed E-state index contributed by atoms with van der Waals surface area (Å²) >= 11 is 1.67. The lowest BCUT2D eigenvalue weighted by atomic mass is 10.1. The number of amides is 1. The van der Waals surface area contributed by atoms with Crippen molar-refractivity contribution < 1.29 is 4.79 Å². The van der Waals surface area contributed by atoms with E-state index >= 15 is 0 Å². The van der Waals surface area contributed by atoms with Crippen LogP contribution in [-0.4, -0.2) is 40.5 Å². The fourth-order valence-electron chi connectivity index (χ4n) is 3.03. The van der Waals surface area contributed by atoms with Crippen LogP contribution in [0.2, 0.25) is 0 Å². The highest BCUT2D eigenvalue weighted by Gasteiger charge is 2.17. The van der Waals surface area contributed by atoms with Gasteiger partial charge in [-0.2, -0.15) is 0 Å². The van der Waals surface area contributed by atoms with Crippen LogP contribution in [-0.2, 0) is 17.9 Å². The van der Waals surface area contributed by atoms with Gasteiger partial charge in [-0.05, 0) is 51.0 Å². The summed E-state index contributed by atoms with van der Waals surface area (Å²) in [5.74, 6) is 0.0179. The summed E-state index contributed by atoms with van der Waals surface area (Å²) in [6, 6.07) is 6.27. The predicted molar refractivity (Wildman–Crippen MR) is 104 cm³/mol. The molecule has 0 aliphatic rings. The average molecular weight is 356 g/mol. The van der Waals surface area contributed by atoms with Crippen LogP contribution in [0.1, 0.15) is 19.4 Å². The molecule has 3 aromatic rings.